The van der Waals surface area contributed by atoms with E-state index in [0.717, 1.165) is 25.2 Å². The first-order valence-corrected chi connectivity index (χ1v) is 10.4. The van der Waals surface area contributed by atoms with Gasteiger partial charge in [0.15, 0.2) is 0 Å². The van der Waals surface area contributed by atoms with Gasteiger partial charge in [0.05, 0.1) is 19.3 Å². The molecule has 3 rings (SSSR count). The molecule has 0 bridgehead atoms. The zero-order valence-corrected chi connectivity index (χ0v) is 17.7. The molecule has 166 valence electrons. The van der Waals surface area contributed by atoms with Gasteiger partial charge >= 0.3 is 0 Å². The molecule has 0 saturated carbocycles. The second-order valence-corrected chi connectivity index (χ2v) is 7.20. The first-order chi connectivity index (χ1) is 15.1. The zero-order chi connectivity index (χ0) is 21.9. The summed E-state index contributed by atoms with van der Waals surface area (Å²) in [6, 6.07) is 14.2. The third-order valence-electron chi connectivity index (χ3n) is 4.77. The smallest absolute Gasteiger partial charge is 0.251 e. The third-order valence-corrected chi connectivity index (χ3v) is 4.77. The maximum Gasteiger partial charge on any atom is 0.251 e. The van der Waals surface area contributed by atoms with Crippen LogP contribution in [0.25, 0.3) is 0 Å². The van der Waals surface area contributed by atoms with Crippen molar-refractivity contribution in [1.29, 1.82) is 0 Å². The van der Waals surface area contributed by atoms with E-state index in [2.05, 4.69) is 16.0 Å². The lowest BCUT2D eigenvalue weighted by Crippen LogP contribution is -2.27. The van der Waals surface area contributed by atoms with Crippen LogP contribution >= 0.6 is 0 Å². The SMILES string of the molecule is COCCNC(=O)c1cccc(NCC(=O)Nc2ccc(OCC3CCCO3)cc2)c1. The largest absolute Gasteiger partial charge is 0.491 e. The van der Waals surface area contributed by atoms with E-state index in [1.807, 2.05) is 12.1 Å². The van der Waals surface area contributed by atoms with Gasteiger partial charge in [0.1, 0.15) is 12.4 Å². The first kappa shape index (κ1) is 22.6. The Bertz CT molecular complexity index is 851. The van der Waals surface area contributed by atoms with Gasteiger partial charge in [0.2, 0.25) is 5.91 Å². The van der Waals surface area contributed by atoms with Crippen molar-refractivity contribution in [3.8, 4) is 5.75 Å². The fourth-order valence-corrected chi connectivity index (χ4v) is 3.13. The minimum absolute atomic E-state index is 0.0754. The van der Waals surface area contributed by atoms with Gasteiger partial charge in [-0.2, -0.15) is 0 Å². The van der Waals surface area contributed by atoms with E-state index < -0.39 is 0 Å². The van der Waals surface area contributed by atoms with Crippen molar-refractivity contribution in [2.75, 3.05) is 50.7 Å². The van der Waals surface area contributed by atoms with E-state index in [1.165, 1.54) is 0 Å². The van der Waals surface area contributed by atoms with E-state index in [0.29, 0.717) is 36.7 Å². The number of methoxy groups -OCH3 is 1. The van der Waals surface area contributed by atoms with Crippen molar-refractivity contribution in [2.24, 2.45) is 0 Å². The minimum atomic E-state index is -0.192. The molecule has 3 N–H and O–H groups in total. The predicted molar refractivity (Wildman–Crippen MR) is 119 cm³/mol. The van der Waals surface area contributed by atoms with Crippen molar-refractivity contribution in [2.45, 2.75) is 18.9 Å². The third kappa shape index (κ3) is 7.58. The quantitative estimate of drug-likeness (QED) is 0.477. The molecule has 0 aromatic heterocycles. The molecule has 1 saturated heterocycles. The average molecular weight is 428 g/mol. The summed E-state index contributed by atoms with van der Waals surface area (Å²) in [5.41, 5.74) is 1.88. The highest BCUT2D eigenvalue weighted by atomic mass is 16.5. The summed E-state index contributed by atoms with van der Waals surface area (Å²) in [6.07, 6.45) is 2.28. The minimum Gasteiger partial charge on any atom is -0.491 e. The van der Waals surface area contributed by atoms with Crippen LogP contribution in [0.5, 0.6) is 5.75 Å². The molecule has 0 aliphatic carbocycles. The predicted octanol–water partition coefficient (Wildman–Crippen LogP) is 2.67. The second-order valence-electron chi connectivity index (χ2n) is 7.20. The molecule has 0 radical (unpaired) electrons. The van der Waals surface area contributed by atoms with Crippen molar-refractivity contribution in [3.05, 3.63) is 54.1 Å². The van der Waals surface area contributed by atoms with Gasteiger partial charge in [-0.15, -0.1) is 0 Å². The molecule has 1 aliphatic rings. The topological polar surface area (TPSA) is 97.9 Å². The van der Waals surface area contributed by atoms with Crippen molar-refractivity contribution in [1.82, 2.24) is 5.32 Å². The Morgan fingerprint density at radius 3 is 2.71 bits per heavy atom. The monoisotopic (exact) mass is 427 g/mol. The molecular weight excluding hydrogens is 398 g/mol. The standard InChI is InChI=1S/C23H29N3O5/c1-29-13-11-24-23(28)17-4-2-5-19(14-17)25-15-22(27)26-18-7-9-20(10-8-18)31-16-21-6-3-12-30-21/h2,4-5,7-10,14,21,25H,3,6,11-13,15-16H2,1H3,(H,24,28)(H,26,27). The molecule has 2 amide bonds. The lowest BCUT2D eigenvalue weighted by Gasteiger charge is -2.12. The molecule has 1 unspecified atom stereocenters. The van der Waals surface area contributed by atoms with Crippen LogP contribution in [0.15, 0.2) is 48.5 Å². The molecule has 0 spiro atoms. The molecule has 8 heteroatoms. The molecule has 8 nitrogen and oxygen atoms in total. The number of hydrogen-bond acceptors (Lipinski definition) is 6. The number of nitrogens with one attached hydrogen (secondary N) is 3. The van der Waals surface area contributed by atoms with E-state index in [1.54, 1.807) is 43.5 Å². The van der Waals surface area contributed by atoms with Gasteiger partial charge in [-0.1, -0.05) is 6.07 Å². The molecule has 2 aromatic rings. The van der Waals surface area contributed by atoms with Crippen LogP contribution in [-0.4, -0.2) is 57.9 Å². The van der Waals surface area contributed by atoms with Crippen LogP contribution in [0, 0.1) is 0 Å². The highest BCUT2D eigenvalue weighted by molar-refractivity contribution is 5.96. The average Bonchev–Trinajstić information content (AvgIpc) is 3.31. The molecule has 1 atom stereocenters. The van der Waals surface area contributed by atoms with Crippen LogP contribution in [0.4, 0.5) is 11.4 Å². The van der Waals surface area contributed by atoms with Crippen LogP contribution in [0.2, 0.25) is 0 Å². The van der Waals surface area contributed by atoms with E-state index in [4.69, 9.17) is 14.2 Å². The molecule has 1 aliphatic heterocycles. The summed E-state index contributed by atoms with van der Waals surface area (Å²) in [4.78, 5) is 24.4. The van der Waals surface area contributed by atoms with Gasteiger partial charge < -0.3 is 30.2 Å². The number of carbonyl (C=O) groups excluding carboxylic acids is 2. The van der Waals surface area contributed by atoms with Crippen molar-refractivity contribution < 1.29 is 23.8 Å². The maximum atomic E-state index is 12.2. The van der Waals surface area contributed by atoms with Crippen molar-refractivity contribution in [3.63, 3.8) is 0 Å². The number of hydrogen-bond donors (Lipinski definition) is 3. The summed E-state index contributed by atoms with van der Waals surface area (Å²) in [5, 5.41) is 8.63. The summed E-state index contributed by atoms with van der Waals surface area (Å²) >= 11 is 0. The second kappa shape index (κ2) is 11.9. The Labute approximate surface area is 182 Å². The van der Waals surface area contributed by atoms with E-state index in [-0.39, 0.29) is 24.5 Å². The Morgan fingerprint density at radius 2 is 1.97 bits per heavy atom. The highest BCUT2D eigenvalue weighted by Crippen LogP contribution is 2.18. The molecule has 31 heavy (non-hydrogen) atoms. The number of anilines is 2. The zero-order valence-electron chi connectivity index (χ0n) is 17.7. The first-order valence-electron chi connectivity index (χ1n) is 10.4. The molecule has 1 heterocycles. The Hall–Kier alpha value is -3.10. The maximum absolute atomic E-state index is 12.2. The van der Waals surface area contributed by atoms with Gasteiger partial charge in [-0.25, -0.2) is 0 Å². The van der Waals surface area contributed by atoms with Gasteiger partial charge in [-0.05, 0) is 55.3 Å². The van der Waals surface area contributed by atoms with Gasteiger partial charge in [0.25, 0.3) is 5.91 Å². The van der Waals surface area contributed by atoms with Crippen LogP contribution in [0.3, 0.4) is 0 Å². The molecule has 1 fully saturated rings. The van der Waals surface area contributed by atoms with Crippen LogP contribution < -0.4 is 20.7 Å². The summed E-state index contributed by atoms with van der Waals surface area (Å²) in [7, 11) is 1.58. The number of carbonyl (C=O) groups is 2. The molecular formula is C23H29N3O5. The Morgan fingerprint density at radius 1 is 1.13 bits per heavy atom. The number of ether oxygens (including phenoxy) is 3. The summed E-state index contributed by atoms with van der Waals surface area (Å²) in [5.74, 6) is 0.363. The number of amides is 2. The van der Waals surface area contributed by atoms with E-state index in [9.17, 15) is 9.59 Å². The van der Waals surface area contributed by atoms with E-state index >= 15 is 0 Å². The van der Waals surface area contributed by atoms with Gasteiger partial charge in [-0.3, -0.25) is 9.59 Å². The number of benzene rings is 2. The van der Waals surface area contributed by atoms with Gasteiger partial charge in [0, 0.05) is 37.2 Å². The van der Waals surface area contributed by atoms with Crippen LogP contribution in [-0.2, 0) is 14.3 Å². The normalized spacial score (nSPS) is 15.3. The summed E-state index contributed by atoms with van der Waals surface area (Å²) in [6.45, 7) is 2.31. The molecule has 2 aromatic carbocycles. The summed E-state index contributed by atoms with van der Waals surface area (Å²) < 4.78 is 16.2. The Kier molecular flexibility index (Phi) is 8.69. The lowest BCUT2D eigenvalue weighted by atomic mass is 10.2. The Balaban J connectivity index is 1.42. The highest BCUT2D eigenvalue weighted by Gasteiger charge is 2.16. The lowest BCUT2D eigenvalue weighted by molar-refractivity contribution is -0.114. The fraction of sp³-hybridized carbons (Fsp3) is 0.391. The number of rotatable bonds is 11. The fourth-order valence-electron chi connectivity index (χ4n) is 3.13. The van der Waals surface area contributed by atoms with Crippen LogP contribution in [0.1, 0.15) is 23.2 Å². The van der Waals surface area contributed by atoms with Crippen molar-refractivity contribution >= 4 is 23.2 Å².